The molecule has 1 aliphatic heterocycles. The van der Waals surface area contributed by atoms with E-state index in [1.807, 2.05) is 0 Å². The summed E-state index contributed by atoms with van der Waals surface area (Å²) in [6, 6.07) is 0.839. The summed E-state index contributed by atoms with van der Waals surface area (Å²) in [6.07, 6.45) is 4.26. The van der Waals surface area contributed by atoms with Crippen molar-refractivity contribution in [2.24, 2.45) is 5.92 Å². The highest BCUT2D eigenvalue weighted by Gasteiger charge is 2.17. The zero-order valence-corrected chi connectivity index (χ0v) is 8.14. The Balaban J connectivity index is 2.29. The number of nitrogens with zero attached hydrogens (tertiary/aromatic N) is 1. The van der Waals surface area contributed by atoms with E-state index in [4.69, 9.17) is 0 Å². The maximum atomic E-state index is 2.63. The Morgan fingerprint density at radius 3 is 2.64 bits per heavy atom. The Hall–Kier alpha value is -0.0400. The van der Waals surface area contributed by atoms with Gasteiger partial charge in [-0.3, -0.25) is 0 Å². The number of hydrogen-bond donors (Lipinski definition) is 0. The number of rotatable bonds is 2. The van der Waals surface area contributed by atoms with Crippen LogP contribution < -0.4 is 0 Å². The molecule has 0 radical (unpaired) electrons. The number of piperidine rings is 1. The summed E-state index contributed by atoms with van der Waals surface area (Å²) < 4.78 is 0. The maximum Gasteiger partial charge on any atom is 0.00670 e. The van der Waals surface area contributed by atoms with Crippen molar-refractivity contribution in [3.05, 3.63) is 0 Å². The van der Waals surface area contributed by atoms with Gasteiger partial charge in [0.15, 0.2) is 0 Å². The van der Waals surface area contributed by atoms with Crippen molar-refractivity contribution in [3.8, 4) is 0 Å². The van der Waals surface area contributed by atoms with E-state index in [-0.39, 0.29) is 0 Å². The van der Waals surface area contributed by atoms with Crippen molar-refractivity contribution in [2.75, 3.05) is 13.1 Å². The van der Waals surface area contributed by atoms with Crippen LogP contribution in [0.2, 0.25) is 0 Å². The quantitative estimate of drug-likeness (QED) is 0.592. The van der Waals surface area contributed by atoms with E-state index < -0.39 is 0 Å². The minimum atomic E-state index is 0.829. The van der Waals surface area contributed by atoms with Crippen LogP contribution in [0.5, 0.6) is 0 Å². The van der Waals surface area contributed by atoms with Crippen LogP contribution in [0.25, 0.3) is 0 Å². The average molecular weight is 155 g/mol. The number of hydrogen-bond acceptors (Lipinski definition) is 1. The lowest BCUT2D eigenvalue weighted by Gasteiger charge is -2.34. The fourth-order valence-electron chi connectivity index (χ4n) is 1.90. The van der Waals surface area contributed by atoms with Crippen molar-refractivity contribution in [1.29, 1.82) is 0 Å². The predicted octanol–water partition coefficient (Wildman–Crippen LogP) is 2.52. The molecule has 1 atom stereocenters. The lowest BCUT2D eigenvalue weighted by molar-refractivity contribution is 0.144. The van der Waals surface area contributed by atoms with Gasteiger partial charge in [-0.05, 0) is 32.2 Å². The van der Waals surface area contributed by atoms with E-state index in [1.165, 1.54) is 32.4 Å². The average Bonchev–Trinajstić information content (AvgIpc) is 1.93. The molecule has 1 heteroatoms. The standard InChI is InChI=1S/C10H21N/c1-9(2)8-11-7-5-4-6-10(11)3/h9-10H,4-8H2,1-3H3. The first-order valence-corrected chi connectivity index (χ1v) is 4.94. The van der Waals surface area contributed by atoms with Crippen LogP contribution >= 0.6 is 0 Å². The van der Waals surface area contributed by atoms with Crippen LogP contribution in [0.1, 0.15) is 40.0 Å². The first-order chi connectivity index (χ1) is 5.20. The zero-order valence-electron chi connectivity index (χ0n) is 8.14. The lowest BCUT2D eigenvalue weighted by atomic mass is 10.0. The second-order valence-electron chi connectivity index (χ2n) is 4.23. The van der Waals surface area contributed by atoms with Gasteiger partial charge < -0.3 is 4.90 Å². The summed E-state index contributed by atoms with van der Waals surface area (Å²) in [4.78, 5) is 2.63. The minimum Gasteiger partial charge on any atom is -0.300 e. The molecule has 1 nitrogen and oxygen atoms in total. The second kappa shape index (κ2) is 4.10. The largest absolute Gasteiger partial charge is 0.300 e. The van der Waals surface area contributed by atoms with Crippen molar-refractivity contribution in [2.45, 2.75) is 46.1 Å². The van der Waals surface area contributed by atoms with Crippen molar-refractivity contribution < 1.29 is 0 Å². The highest BCUT2D eigenvalue weighted by atomic mass is 15.2. The molecule has 1 unspecified atom stereocenters. The molecule has 0 N–H and O–H groups in total. The first-order valence-electron chi connectivity index (χ1n) is 4.94. The van der Waals surface area contributed by atoms with E-state index in [9.17, 15) is 0 Å². The molecule has 0 amide bonds. The summed E-state index contributed by atoms with van der Waals surface area (Å²) in [5.74, 6) is 0.829. The predicted molar refractivity (Wildman–Crippen MR) is 49.7 cm³/mol. The van der Waals surface area contributed by atoms with Crippen LogP contribution in [0.3, 0.4) is 0 Å². The van der Waals surface area contributed by atoms with Crippen LogP contribution in [-0.2, 0) is 0 Å². The molecular weight excluding hydrogens is 134 g/mol. The van der Waals surface area contributed by atoms with Gasteiger partial charge in [-0.15, -0.1) is 0 Å². The van der Waals surface area contributed by atoms with Crippen LogP contribution in [0.4, 0.5) is 0 Å². The van der Waals surface area contributed by atoms with Crippen LogP contribution in [0.15, 0.2) is 0 Å². The van der Waals surface area contributed by atoms with Crippen molar-refractivity contribution in [1.82, 2.24) is 4.90 Å². The third-order valence-electron chi connectivity index (χ3n) is 2.54. The maximum absolute atomic E-state index is 2.63. The Kier molecular flexibility index (Phi) is 3.38. The SMILES string of the molecule is CC(C)CN1CCCCC1C. The van der Waals surface area contributed by atoms with E-state index in [1.54, 1.807) is 0 Å². The van der Waals surface area contributed by atoms with Crippen LogP contribution in [0, 0.1) is 5.92 Å². The monoisotopic (exact) mass is 155 g/mol. The summed E-state index contributed by atoms with van der Waals surface area (Å²) in [5.41, 5.74) is 0. The third kappa shape index (κ3) is 2.82. The topological polar surface area (TPSA) is 3.24 Å². The molecule has 0 aliphatic carbocycles. The molecule has 1 aliphatic rings. The van der Waals surface area contributed by atoms with Gasteiger partial charge in [0, 0.05) is 12.6 Å². The molecule has 66 valence electrons. The minimum absolute atomic E-state index is 0.829. The molecule has 1 saturated heterocycles. The van der Waals surface area contributed by atoms with E-state index in [2.05, 4.69) is 25.7 Å². The Labute approximate surface area is 70.8 Å². The summed E-state index contributed by atoms with van der Waals surface area (Å²) in [6.45, 7) is 9.60. The van der Waals surface area contributed by atoms with Gasteiger partial charge in [-0.1, -0.05) is 20.3 Å². The molecule has 1 heterocycles. The normalized spacial score (nSPS) is 27.8. The molecular formula is C10H21N. The molecule has 0 aromatic carbocycles. The molecule has 0 bridgehead atoms. The smallest absolute Gasteiger partial charge is 0.00670 e. The van der Waals surface area contributed by atoms with Gasteiger partial charge in [-0.2, -0.15) is 0 Å². The molecule has 1 fully saturated rings. The second-order valence-corrected chi connectivity index (χ2v) is 4.23. The molecule has 0 aromatic rings. The van der Waals surface area contributed by atoms with E-state index in [0.717, 1.165) is 12.0 Å². The molecule has 0 aromatic heterocycles. The van der Waals surface area contributed by atoms with Crippen LogP contribution in [-0.4, -0.2) is 24.0 Å². The molecule has 1 rings (SSSR count). The van der Waals surface area contributed by atoms with E-state index >= 15 is 0 Å². The van der Waals surface area contributed by atoms with Gasteiger partial charge in [0.25, 0.3) is 0 Å². The lowest BCUT2D eigenvalue weighted by Crippen LogP contribution is -2.39. The summed E-state index contributed by atoms with van der Waals surface area (Å²) >= 11 is 0. The Bertz CT molecular complexity index is 109. The van der Waals surface area contributed by atoms with Crippen molar-refractivity contribution >= 4 is 0 Å². The first kappa shape index (κ1) is 9.05. The molecule has 11 heavy (non-hydrogen) atoms. The van der Waals surface area contributed by atoms with Crippen molar-refractivity contribution in [3.63, 3.8) is 0 Å². The fourth-order valence-corrected chi connectivity index (χ4v) is 1.90. The van der Waals surface area contributed by atoms with Gasteiger partial charge in [0.2, 0.25) is 0 Å². The van der Waals surface area contributed by atoms with Gasteiger partial charge >= 0.3 is 0 Å². The Morgan fingerprint density at radius 2 is 2.09 bits per heavy atom. The highest BCUT2D eigenvalue weighted by molar-refractivity contribution is 4.73. The third-order valence-corrected chi connectivity index (χ3v) is 2.54. The summed E-state index contributed by atoms with van der Waals surface area (Å²) in [5, 5.41) is 0. The molecule has 0 spiro atoms. The van der Waals surface area contributed by atoms with E-state index in [0.29, 0.717) is 0 Å². The molecule has 0 saturated carbocycles. The van der Waals surface area contributed by atoms with Gasteiger partial charge in [0.1, 0.15) is 0 Å². The van der Waals surface area contributed by atoms with Gasteiger partial charge in [0.05, 0.1) is 0 Å². The summed E-state index contributed by atoms with van der Waals surface area (Å²) in [7, 11) is 0. The van der Waals surface area contributed by atoms with Gasteiger partial charge in [-0.25, -0.2) is 0 Å². The number of likely N-dealkylation sites (tertiary alicyclic amines) is 1. The fraction of sp³-hybridized carbons (Fsp3) is 1.00. The zero-order chi connectivity index (χ0) is 8.27. The highest BCUT2D eigenvalue weighted by Crippen LogP contribution is 2.17. The Morgan fingerprint density at radius 1 is 1.36 bits per heavy atom.